The number of anilines is 1. The number of nitrogens with zero attached hydrogens (tertiary/aromatic N) is 2. The van der Waals surface area contributed by atoms with Crippen LogP contribution in [0.5, 0.6) is 11.5 Å². The second-order valence-electron chi connectivity index (χ2n) is 9.78. The molecule has 40 heavy (non-hydrogen) atoms. The van der Waals surface area contributed by atoms with E-state index in [1.165, 1.54) is 19.1 Å². The molecule has 12 heteroatoms. The summed E-state index contributed by atoms with van der Waals surface area (Å²) in [6.45, 7) is 4.22. The number of benzene rings is 2. The highest BCUT2D eigenvalue weighted by Gasteiger charge is 2.40. The van der Waals surface area contributed by atoms with Gasteiger partial charge in [0.1, 0.15) is 0 Å². The van der Waals surface area contributed by atoms with Crippen LogP contribution in [0.15, 0.2) is 30.3 Å². The molecule has 0 unspecified atom stereocenters. The van der Waals surface area contributed by atoms with E-state index in [0.29, 0.717) is 42.2 Å². The molecule has 0 aromatic heterocycles. The Labute approximate surface area is 229 Å². The van der Waals surface area contributed by atoms with Crippen molar-refractivity contribution in [2.24, 2.45) is 0 Å². The van der Waals surface area contributed by atoms with Crippen molar-refractivity contribution in [3.63, 3.8) is 0 Å². The zero-order chi connectivity index (χ0) is 29.8. The van der Waals surface area contributed by atoms with Gasteiger partial charge in [-0.1, -0.05) is 19.8 Å². The van der Waals surface area contributed by atoms with Gasteiger partial charge in [-0.15, -0.1) is 0 Å². The minimum Gasteiger partial charge on any atom is -0.493 e. The first-order valence-electron chi connectivity index (χ1n) is 12.9. The average molecular weight is 577 g/mol. The van der Waals surface area contributed by atoms with Gasteiger partial charge >= 0.3 is 18.4 Å². The lowest BCUT2D eigenvalue weighted by molar-refractivity contribution is -0.143. The first kappa shape index (κ1) is 31.2. The van der Waals surface area contributed by atoms with E-state index in [-0.39, 0.29) is 17.7 Å². The third-order valence-corrected chi connectivity index (χ3v) is 7.09. The zero-order valence-corrected chi connectivity index (χ0v) is 23.1. The van der Waals surface area contributed by atoms with Gasteiger partial charge in [0, 0.05) is 36.4 Å². The first-order valence-corrected chi connectivity index (χ1v) is 12.9. The lowest BCUT2D eigenvalue weighted by Gasteiger charge is -2.44. The molecule has 0 N–H and O–H groups in total. The van der Waals surface area contributed by atoms with Crippen molar-refractivity contribution in [1.82, 2.24) is 4.90 Å². The molecule has 6 nitrogen and oxygen atoms in total. The molecule has 0 radical (unpaired) electrons. The summed E-state index contributed by atoms with van der Waals surface area (Å²) in [7, 11) is 4.05. The molecule has 0 fully saturated rings. The van der Waals surface area contributed by atoms with Crippen LogP contribution in [0.25, 0.3) is 0 Å². The van der Waals surface area contributed by atoms with Crippen molar-refractivity contribution in [3.8, 4) is 11.5 Å². The molecule has 0 aliphatic carbocycles. The van der Waals surface area contributed by atoms with Gasteiger partial charge in [-0.3, -0.25) is 4.90 Å². The van der Waals surface area contributed by atoms with Gasteiger partial charge in [-0.25, -0.2) is 4.79 Å². The quantitative estimate of drug-likeness (QED) is 0.225. The largest absolute Gasteiger partial charge is 0.493 e. The predicted octanol–water partition coefficient (Wildman–Crippen LogP) is 7.84. The summed E-state index contributed by atoms with van der Waals surface area (Å²) in [6.07, 6.45) is -7.64. The van der Waals surface area contributed by atoms with Gasteiger partial charge < -0.3 is 19.1 Å². The highest BCUT2D eigenvalue weighted by molar-refractivity contribution is 5.71. The SMILES string of the molecule is CCCCCN1c2cc(OC)c(OC)cc2[C@H](N(Cc2cc(C(F)(F)F)cc(C(F)(F)F)c2)C(=O)OC)C[C@@H]1C. The Hall–Kier alpha value is -3.31. The molecular weight excluding hydrogens is 542 g/mol. The second-order valence-corrected chi connectivity index (χ2v) is 9.78. The van der Waals surface area contributed by atoms with Crippen LogP contribution < -0.4 is 14.4 Å². The van der Waals surface area contributed by atoms with Gasteiger partial charge in [0.25, 0.3) is 0 Å². The van der Waals surface area contributed by atoms with Crippen LogP contribution in [0.2, 0.25) is 0 Å². The third kappa shape index (κ3) is 6.87. The highest BCUT2D eigenvalue weighted by atomic mass is 19.4. The number of methoxy groups -OCH3 is 3. The zero-order valence-electron chi connectivity index (χ0n) is 23.1. The van der Waals surface area contributed by atoms with Crippen molar-refractivity contribution in [3.05, 3.63) is 52.6 Å². The smallest absolute Gasteiger partial charge is 0.416 e. The molecule has 0 bridgehead atoms. The van der Waals surface area contributed by atoms with E-state index in [1.807, 2.05) is 6.92 Å². The summed E-state index contributed by atoms with van der Waals surface area (Å²) in [6, 6.07) is 3.95. The molecule has 0 saturated carbocycles. The molecule has 1 heterocycles. The third-order valence-electron chi connectivity index (χ3n) is 7.09. The second kappa shape index (κ2) is 12.5. The number of carbonyl (C=O) groups excluding carboxylic acids is 1. The van der Waals surface area contributed by atoms with Crippen LogP contribution in [0.3, 0.4) is 0 Å². The summed E-state index contributed by atoms with van der Waals surface area (Å²) < 4.78 is 97.1. The fourth-order valence-corrected chi connectivity index (χ4v) is 5.11. The number of amides is 1. The van der Waals surface area contributed by atoms with Crippen molar-refractivity contribution in [1.29, 1.82) is 0 Å². The number of halogens is 6. The van der Waals surface area contributed by atoms with Crippen LogP contribution in [-0.4, -0.2) is 44.9 Å². The normalized spacial score (nSPS) is 17.3. The van der Waals surface area contributed by atoms with E-state index in [9.17, 15) is 31.1 Å². The fourth-order valence-electron chi connectivity index (χ4n) is 5.11. The summed E-state index contributed by atoms with van der Waals surface area (Å²) >= 11 is 0. The van der Waals surface area contributed by atoms with E-state index < -0.39 is 42.2 Å². The molecule has 222 valence electrons. The molecule has 3 rings (SSSR count). The minimum atomic E-state index is -5.01. The van der Waals surface area contributed by atoms with E-state index in [0.717, 1.165) is 32.1 Å². The van der Waals surface area contributed by atoms with E-state index in [1.54, 1.807) is 12.1 Å². The van der Waals surface area contributed by atoms with Crippen molar-refractivity contribution in [2.45, 2.75) is 70.5 Å². The number of unbranched alkanes of at least 4 members (excludes halogenated alkanes) is 2. The van der Waals surface area contributed by atoms with E-state index >= 15 is 0 Å². The van der Waals surface area contributed by atoms with Gasteiger partial charge in [0.05, 0.1) is 38.5 Å². The number of carbonyl (C=O) groups is 1. The minimum absolute atomic E-state index is 0.0648. The predicted molar refractivity (Wildman–Crippen MR) is 138 cm³/mol. The van der Waals surface area contributed by atoms with Crippen LogP contribution in [0.4, 0.5) is 36.8 Å². The van der Waals surface area contributed by atoms with E-state index in [4.69, 9.17) is 14.2 Å². The number of alkyl halides is 6. The van der Waals surface area contributed by atoms with Crippen molar-refractivity contribution < 1.29 is 45.3 Å². The average Bonchev–Trinajstić information content (AvgIpc) is 2.90. The molecule has 1 aliphatic heterocycles. The van der Waals surface area contributed by atoms with Crippen LogP contribution in [-0.2, 0) is 23.6 Å². The van der Waals surface area contributed by atoms with Gasteiger partial charge in [0.15, 0.2) is 11.5 Å². The van der Waals surface area contributed by atoms with Gasteiger partial charge in [0.2, 0.25) is 0 Å². The lowest BCUT2D eigenvalue weighted by atomic mass is 9.89. The number of hydrogen-bond acceptors (Lipinski definition) is 5. The number of fused-ring (bicyclic) bond motifs is 1. The standard InChI is InChI=1S/C28H34F6N2O4/c1-6-7-8-9-35-17(2)10-22(21-14-24(38-3)25(39-4)15-23(21)35)36(26(37)40-5)16-18-11-19(27(29,30)31)13-20(12-18)28(32,33)34/h11-15,17,22H,6-10,16H2,1-5H3/t17-,22+/m0/s1. The molecule has 0 spiro atoms. The Morgan fingerprint density at radius 2 is 1.50 bits per heavy atom. The Bertz CT molecular complexity index is 1150. The summed E-state index contributed by atoms with van der Waals surface area (Å²) in [5, 5.41) is 0. The molecule has 1 aliphatic rings. The Morgan fingerprint density at radius 3 is 2.00 bits per heavy atom. The summed E-state index contributed by atoms with van der Waals surface area (Å²) in [5.74, 6) is 0.824. The highest BCUT2D eigenvalue weighted by Crippen LogP contribution is 2.46. The summed E-state index contributed by atoms with van der Waals surface area (Å²) in [4.78, 5) is 16.4. The Kier molecular flexibility index (Phi) is 9.73. The number of rotatable bonds is 9. The Balaban J connectivity index is 2.15. The molecule has 0 saturated heterocycles. The van der Waals surface area contributed by atoms with Gasteiger partial charge in [-0.2, -0.15) is 26.3 Å². The molecule has 2 aromatic carbocycles. The maximum Gasteiger partial charge on any atom is 0.416 e. The molecule has 1 amide bonds. The fraction of sp³-hybridized carbons (Fsp3) is 0.536. The molecular formula is C28H34F6N2O4. The van der Waals surface area contributed by atoms with Gasteiger partial charge in [-0.05, 0) is 49.6 Å². The van der Waals surface area contributed by atoms with Crippen molar-refractivity contribution in [2.75, 3.05) is 32.8 Å². The van der Waals surface area contributed by atoms with Crippen LogP contribution in [0, 0.1) is 0 Å². The topological polar surface area (TPSA) is 51.2 Å². The number of ether oxygens (including phenoxy) is 3. The van der Waals surface area contributed by atoms with Crippen LogP contribution in [0.1, 0.15) is 67.8 Å². The lowest BCUT2D eigenvalue weighted by Crippen LogP contribution is -2.45. The Morgan fingerprint density at radius 1 is 0.925 bits per heavy atom. The maximum absolute atomic E-state index is 13.5. The van der Waals surface area contributed by atoms with Crippen molar-refractivity contribution >= 4 is 11.8 Å². The monoisotopic (exact) mass is 576 g/mol. The molecule has 2 aromatic rings. The number of hydrogen-bond donors (Lipinski definition) is 0. The van der Waals surface area contributed by atoms with Crippen LogP contribution >= 0.6 is 0 Å². The first-order chi connectivity index (χ1) is 18.7. The summed E-state index contributed by atoms with van der Waals surface area (Å²) in [5.41, 5.74) is -1.86. The van der Waals surface area contributed by atoms with E-state index in [2.05, 4.69) is 11.8 Å². The maximum atomic E-state index is 13.5. The molecule has 2 atom stereocenters.